The van der Waals surface area contributed by atoms with Crippen molar-refractivity contribution in [2.45, 2.75) is 19.0 Å². The van der Waals surface area contributed by atoms with Crippen LogP contribution in [0.25, 0.3) is 0 Å². The zero-order chi connectivity index (χ0) is 10.7. The van der Waals surface area contributed by atoms with Gasteiger partial charge in [0.25, 0.3) is 5.91 Å². The second-order valence-corrected chi connectivity index (χ2v) is 3.50. The standard InChI is InChI=1S/C11H12N2O2/c14-10-7-6-9(12-10)13-11(15)8-4-2-1-3-5-8/h1-5,9H,6-7H2,(H,12,14)(H,13,15). The number of rotatable bonds is 2. The van der Waals surface area contributed by atoms with Crippen LogP contribution < -0.4 is 10.6 Å². The second kappa shape index (κ2) is 4.13. The minimum Gasteiger partial charge on any atom is -0.336 e. The number of amides is 2. The Morgan fingerprint density at radius 3 is 2.67 bits per heavy atom. The van der Waals surface area contributed by atoms with Crippen molar-refractivity contribution < 1.29 is 9.59 Å². The molecule has 4 heteroatoms. The van der Waals surface area contributed by atoms with Gasteiger partial charge in [0.2, 0.25) is 5.91 Å². The Kier molecular flexibility index (Phi) is 2.67. The molecule has 1 unspecified atom stereocenters. The fourth-order valence-electron chi connectivity index (χ4n) is 1.55. The molecule has 1 fully saturated rings. The summed E-state index contributed by atoms with van der Waals surface area (Å²) >= 11 is 0. The topological polar surface area (TPSA) is 58.2 Å². The van der Waals surface area contributed by atoms with Crippen molar-refractivity contribution in [2.24, 2.45) is 0 Å². The molecule has 0 aliphatic carbocycles. The highest BCUT2D eigenvalue weighted by molar-refractivity contribution is 5.94. The molecule has 0 aromatic heterocycles. The maximum Gasteiger partial charge on any atom is 0.252 e. The molecule has 15 heavy (non-hydrogen) atoms. The molecule has 1 aromatic carbocycles. The summed E-state index contributed by atoms with van der Waals surface area (Å²) in [6.07, 6.45) is 0.933. The molecule has 0 radical (unpaired) electrons. The van der Waals surface area contributed by atoms with Crippen LogP contribution in [0.4, 0.5) is 0 Å². The number of hydrogen-bond acceptors (Lipinski definition) is 2. The Morgan fingerprint density at radius 1 is 1.33 bits per heavy atom. The van der Waals surface area contributed by atoms with Crippen molar-refractivity contribution in [2.75, 3.05) is 0 Å². The Labute approximate surface area is 87.7 Å². The summed E-state index contributed by atoms with van der Waals surface area (Å²) in [4.78, 5) is 22.6. The first-order chi connectivity index (χ1) is 7.25. The third-order valence-electron chi connectivity index (χ3n) is 2.34. The van der Waals surface area contributed by atoms with E-state index in [0.717, 1.165) is 0 Å². The van der Waals surface area contributed by atoms with Gasteiger partial charge in [0.1, 0.15) is 6.17 Å². The van der Waals surface area contributed by atoms with Crippen LogP contribution in [0, 0.1) is 0 Å². The quantitative estimate of drug-likeness (QED) is 0.743. The van der Waals surface area contributed by atoms with E-state index in [0.29, 0.717) is 18.4 Å². The third-order valence-corrected chi connectivity index (χ3v) is 2.34. The second-order valence-electron chi connectivity index (χ2n) is 3.50. The van der Waals surface area contributed by atoms with E-state index in [1.165, 1.54) is 0 Å². The fourth-order valence-corrected chi connectivity index (χ4v) is 1.55. The van der Waals surface area contributed by atoms with Crippen LogP contribution in [0.2, 0.25) is 0 Å². The lowest BCUT2D eigenvalue weighted by Crippen LogP contribution is -2.42. The van der Waals surface area contributed by atoms with Gasteiger partial charge in [-0.05, 0) is 18.6 Å². The molecule has 0 spiro atoms. The molecule has 2 amide bonds. The summed E-state index contributed by atoms with van der Waals surface area (Å²) in [6, 6.07) is 8.95. The lowest BCUT2D eigenvalue weighted by Gasteiger charge is -2.12. The van der Waals surface area contributed by atoms with Gasteiger partial charge in [-0.25, -0.2) is 0 Å². The molecule has 0 bridgehead atoms. The van der Waals surface area contributed by atoms with Crippen LogP contribution >= 0.6 is 0 Å². The monoisotopic (exact) mass is 204 g/mol. The highest BCUT2D eigenvalue weighted by Gasteiger charge is 2.22. The SMILES string of the molecule is O=C1CCC(NC(=O)c2ccccc2)N1. The van der Waals surface area contributed by atoms with Crippen LogP contribution in [0.5, 0.6) is 0 Å². The molecule has 2 N–H and O–H groups in total. The van der Waals surface area contributed by atoms with Crippen molar-refractivity contribution >= 4 is 11.8 Å². The molecule has 1 heterocycles. The summed E-state index contributed by atoms with van der Waals surface area (Å²) in [7, 11) is 0. The fraction of sp³-hybridized carbons (Fsp3) is 0.273. The van der Waals surface area contributed by atoms with Gasteiger partial charge in [0.05, 0.1) is 0 Å². The van der Waals surface area contributed by atoms with Crippen molar-refractivity contribution in [3.05, 3.63) is 35.9 Å². The van der Waals surface area contributed by atoms with Crippen molar-refractivity contribution in [3.63, 3.8) is 0 Å². The predicted molar refractivity (Wildman–Crippen MR) is 55.1 cm³/mol. The predicted octanol–water partition coefficient (Wildman–Crippen LogP) is 0.653. The largest absolute Gasteiger partial charge is 0.336 e. The first-order valence-corrected chi connectivity index (χ1v) is 4.91. The summed E-state index contributed by atoms with van der Waals surface area (Å²) in [5.41, 5.74) is 0.610. The lowest BCUT2D eigenvalue weighted by atomic mass is 10.2. The average Bonchev–Trinajstić information content (AvgIpc) is 2.65. The van der Waals surface area contributed by atoms with Crippen molar-refractivity contribution in [1.82, 2.24) is 10.6 Å². The minimum absolute atomic E-state index is 0.00615. The number of benzene rings is 1. The molecule has 1 saturated heterocycles. The van der Waals surface area contributed by atoms with Gasteiger partial charge < -0.3 is 10.6 Å². The van der Waals surface area contributed by atoms with E-state index >= 15 is 0 Å². The van der Waals surface area contributed by atoms with E-state index in [-0.39, 0.29) is 18.0 Å². The summed E-state index contributed by atoms with van der Waals surface area (Å²) < 4.78 is 0. The maximum absolute atomic E-state index is 11.6. The summed E-state index contributed by atoms with van der Waals surface area (Å²) in [5.74, 6) is -0.156. The van der Waals surface area contributed by atoms with E-state index in [9.17, 15) is 9.59 Å². The van der Waals surface area contributed by atoms with Gasteiger partial charge >= 0.3 is 0 Å². The normalized spacial score (nSPS) is 19.7. The Morgan fingerprint density at radius 2 is 2.07 bits per heavy atom. The van der Waals surface area contributed by atoms with E-state index in [1.807, 2.05) is 18.2 Å². The number of nitrogens with one attached hydrogen (secondary N) is 2. The number of carbonyl (C=O) groups is 2. The molecule has 1 atom stereocenters. The highest BCUT2D eigenvalue weighted by Crippen LogP contribution is 2.05. The van der Waals surface area contributed by atoms with Crippen LogP contribution in [0.3, 0.4) is 0 Å². The zero-order valence-electron chi connectivity index (χ0n) is 8.19. The Hall–Kier alpha value is -1.84. The van der Waals surface area contributed by atoms with Gasteiger partial charge in [-0.3, -0.25) is 9.59 Å². The first kappa shape index (κ1) is 9.71. The molecule has 1 aromatic rings. The van der Waals surface area contributed by atoms with Crippen molar-refractivity contribution in [3.8, 4) is 0 Å². The minimum atomic E-state index is -0.217. The Balaban J connectivity index is 1.96. The van der Waals surface area contributed by atoms with E-state index < -0.39 is 0 Å². The van der Waals surface area contributed by atoms with E-state index in [4.69, 9.17) is 0 Å². The van der Waals surface area contributed by atoms with Crippen LogP contribution in [0.15, 0.2) is 30.3 Å². The highest BCUT2D eigenvalue weighted by atomic mass is 16.2. The summed E-state index contributed by atoms with van der Waals surface area (Å²) in [6.45, 7) is 0. The van der Waals surface area contributed by atoms with Gasteiger partial charge in [-0.1, -0.05) is 18.2 Å². The summed E-state index contributed by atoms with van der Waals surface area (Å²) in [5, 5.41) is 5.44. The van der Waals surface area contributed by atoms with E-state index in [2.05, 4.69) is 10.6 Å². The zero-order valence-corrected chi connectivity index (χ0v) is 8.19. The van der Waals surface area contributed by atoms with Crippen LogP contribution in [-0.4, -0.2) is 18.0 Å². The molecule has 1 aliphatic rings. The molecule has 0 saturated carbocycles. The molecule has 4 nitrogen and oxygen atoms in total. The van der Waals surface area contributed by atoms with Gasteiger partial charge in [-0.15, -0.1) is 0 Å². The van der Waals surface area contributed by atoms with Crippen LogP contribution in [-0.2, 0) is 4.79 Å². The van der Waals surface area contributed by atoms with Crippen LogP contribution in [0.1, 0.15) is 23.2 Å². The molecular formula is C11H12N2O2. The number of hydrogen-bond donors (Lipinski definition) is 2. The Bertz CT molecular complexity index is 375. The smallest absolute Gasteiger partial charge is 0.252 e. The average molecular weight is 204 g/mol. The van der Waals surface area contributed by atoms with Gasteiger partial charge in [-0.2, -0.15) is 0 Å². The van der Waals surface area contributed by atoms with Crippen molar-refractivity contribution in [1.29, 1.82) is 0 Å². The van der Waals surface area contributed by atoms with Gasteiger partial charge in [0, 0.05) is 12.0 Å². The lowest BCUT2D eigenvalue weighted by molar-refractivity contribution is -0.119. The third kappa shape index (κ3) is 2.34. The van der Waals surface area contributed by atoms with Gasteiger partial charge in [0.15, 0.2) is 0 Å². The first-order valence-electron chi connectivity index (χ1n) is 4.91. The number of carbonyl (C=O) groups excluding carboxylic acids is 2. The molecular weight excluding hydrogens is 192 g/mol. The molecule has 1 aliphatic heterocycles. The maximum atomic E-state index is 11.6. The van der Waals surface area contributed by atoms with E-state index in [1.54, 1.807) is 12.1 Å². The molecule has 2 rings (SSSR count). The molecule has 78 valence electrons.